The molecule has 120 valence electrons. The number of H-pyrrole nitrogens is 1. The minimum atomic E-state index is 0.343. The molecule has 0 aliphatic heterocycles. The van der Waals surface area contributed by atoms with Crippen molar-refractivity contribution in [2.45, 2.75) is 38.0 Å². The standard InChI is InChI=1S/C21H21N3/c22-14-16-7-9-17(10-8-16)19(12-15-4-1-2-5-15)20-13-18-6-3-11-23-21(18)24-20/h3,6-11,13,15,19H,1-2,4-5,12H2,(H,23,24). The summed E-state index contributed by atoms with van der Waals surface area (Å²) in [6, 6.07) is 16.6. The predicted molar refractivity (Wildman–Crippen MR) is 95.7 cm³/mol. The molecule has 1 unspecified atom stereocenters. The van der Waals surface area contributed by atoms with Crippen molar-refractivity contribution < 1.29 is 0 Å². The Labute approximate surface area is 142 Å². The third kappa shape index (κ3) is 2.92. The number of hydrogen-bond donors (Lipinski definition) is 1. The molecule has 1 fully saturated rings. The third-order valence-electron chi connectivity index (χ3n) is 5.27. The Balaban J connectivity index is 1.72. The Hall–Kier alpha value is -2.60. The molecule has 2 aromatic heterocycles. The maximum absolute atomic E-state index is 9.04. The van der Waals surface area contributed by atoms with Crippen molar-refractivity contribution >= 4 is 11.0 Å². The van der Waals surface area contributed by atoms with Crippen molar-refractivity contribution in [3.05, 3.63) is 65.5 Å². The van der Waals surface area contributed by atoms with Crippen molar-refractivity contribution in [2.75, 3.05) is 0 Å². The van der Waals surface area contributed by atoms with E-state index in [0.717, 1.165) is 22.5 Å². The van der Waals surface area contributed by atoms with E-state index in [1.807, 2.05) is 24.4 Å². The van der Waals surface area contributed by atoms with Gasteiger partial charge in [-0.1, -0.05) is 37.8 Å². The molecule has 0 bridgehead atoms. The van der Waals surface area contributed by atoms with Gasteiger partial charge in [0.25, 0.3) is 0 Å². The lowest BCUT2D eigenvalue weighted by molar-refractivity contribution is 0.469. The molecule has 0 radical (unpaired) electrons. The van der Waals surface area contributed by atoms with E-state index < -0.39 is 0 Å². The van der Waals surface area contributed by atoms with Crippen molar-refractivity contribution in [2.24, 2.45) is 5.92 Å². The van der Waals surface area contributed by atoms with Crippen molar-refractivity contribution in [3.63, 3.8) is 0 Å². The molecule has 1 aliphatic rings. The van der Waals surface area contributed by atoms with Gasteiger partial charge in [0.2, 0.25) is 0 Å². The largest absolute Gasteiger partial charge is 0.343 e. The number of aromatic nitrogens is 2. The van der Waals surface area contributed by atoms with Gasteiger partial charge in [0.05, 0.1) is 11.6 Å². The van der Waals surface area contributed by atoms with Crippen molar-refractivity contribution in [1.29, 1.82) is 5.26 Å². The summed E-state index contributed by atoms with van der Waals surface area (Å²) in [5.74, 6) is 1.14. The zero-order chi connectivity index (χ0) is 16.4. The van der Waals surface area contributed by atoms with Crippen LogP contribution in [0.2, 0.25) is 0 Å². The van der Waals surface area contributed by atoms with Crippen LogP contribution in [-0.2, 0) is 0 Å². The lowest BCUT2D eigenvalue weighted by Gasteiger charge is -2.20. The van der Waals surface area contributed by atoms with Crippen LogP contribution in [-0.4, -0.2) is 9.97 Å². The minimum absolute atomic E-state index is 0.343. The van der Waals surface area contributed by atoms with E-state index in [9.17, 15) is 0 Å². The fourth-order valence-corrected chi connectivity index (χ4v) is 3.98. The highest BCUT2D eigenvalue weighted by Gasteiger charge is 2.24. The summed E-state index contributed by atoms with van der Waals surface area (Å²) in [5, 5.41) is 10.2. The normalized spacial score (nSPS) is 16.3. The van der Waals surface area contributed by atoms with Gasteiger partial charge in [-0.05, 0) is 48.2 Å². The first-order valence-electron chi connectivity index (χ1n) is 8.77. The van der Waals surface area contributed by atoms with E-state index in [0.29, 0.717) is 5.92 Å². The number of hydrogen-bond acceptors (Lipinski definition) is 2. The van der Waals surface area contributed by atoms with E-state index in [2.05, 4.69) is 40.3 Å². The molecule has 3 aromatic rings. The number of nitriles is 1. The van der Waals surface area contributed by atoms with Crippen LogP contribution in [0.5, 0.6) is 0 Å². The summed E-state index contributed by atoms with van der Waals surface area (Å²) in [6.07, 6.45) is 8.39. The zero-order valence-corrected chi connectivity index (χ0v) is 13.7. The van der Waals surface area contributed by atoms with Gasteiger partial charge in [0.15, 0.2) is 0 Å². The second kappa shape index (κ2) is 6.49. The first kappa shape index (κ1) is 15.0. The number of nitrogens with zero attached hydrogens (tertiary/aromatic N) is 2. The van der Waals surface area contributed by atoms with Crippen molar-refractivity contribution in [3.8, 4) is 6.07 Å². The average molecular weight is 315 g/mol. The molecule has 1 aromatic carbocycles. The Bertz CT molecular complexity index is 831. The van der Waals surface area contributed by atoms with Gasteiger partial charge in [0.1, 0.15) is 5.65 Å². The monoisotopic (exact) mass is 315 g/mol. The lowest BCUT2D eigenvalue weighted by Crippen LogP contribution is -2.07. The molecule has 24 heavy (non-hydrogen) atoms. The van der Waals surface area contributed by atoms with E-state index in [4.69, 9.17) is 5.26 Å². The highest BCUT2D eigenvalue weighted by Crippen LogP contribution is 2.38. The van der Waals surface area contributed by atoms with Crippen LogP contribution in [0.25, 0.3) is 11.0 Å². The maximum atomic E-state index is 9.04. The van der Waals surface area contributed by atoms with Gasteiger partial charge < -0.3 is 4.98 Å². The summed E-state index contributed by atoms with van der Waals surface area (Å²) in [4.78, 5) is 7.96. The smallest absolute Gasteiger partial charge is 0.137 e. The summed E-state index contributed by atoms with van der Waals surface area (Å²) in [5.41, 5.74) is 4.20. The van der Waals surface area contributed by atoms with Crippen molar-refractivity contribution in [1.82, 2.24) is 9.97 Å². The molecule has 0 spiro atoms. The summed E-state index contributed by atoms with van der Waals surface area (Å²) >= 11 is 0. The molecule has 3 heteroatoms. The third-order valence-corrected chi connectivity index (χ3v) is 5.27. The summed E-state index contributed by atoms with van der Waals surface area (Å²) in [6.45, 7) is 0. The van der Waals surface area contributed by atoms with E-state index in [1.165, 1.54) is 43.4 Å². The number of nitrogens with one attached hydrogen (secondary N) is 1. The number of aromatic amines is 1. The Kier molecular flexibility index (Phi) is 4.04. The Morgan fingerprint density at radius 1 is 1.17 bits per heavy atom. The number of pyridine rings is 1. The van der Waals surface area contributed by atoms with E-state index in [-0.39, 0.29) is 0 Å². The van der Waals surface area contributed by atoms with Gasteiger partial charge in [-0.3, -0.25) is 0 Å². The van der Waals surface area contributed by atoms with Gasteiger partial charge >= 0.3 is 0 Å². The number of benzene rings is 1. The van der Waals surface area contributed by atoms with Crippen LogP contribution >= 0.6 is 0 Å². The molecule has 0 amide bonds. The number of fused-ring (bicyclic) bond motifs is 1. The first-order valence-corrected chi connectivity index (χ1v) is 8.77. The van der Waals surface area contributed by atoms with E-state index in [1.54, 1.807) is 0 Å². The van der Waals surface area contributed by atoms with Gasteiger partial charge in [0, 0.05) is 23.2 Å². The van der Waals surface area contributed by atoms with Crippen LogP contribution in [0.15, 0.2) is 48.7 Å². The second-order valence-electron chi connectivity index (χ2n) is 6.84. The molecule has 1 N–H and O–H groups in total. The van der Waals surface area contributed by atoms with Gasteiger partial charge in [-0.25, -0.2) is 4.98 Å². The van der Waals surface area contributed by atoms with Crippen LogP contribution < -0.4 is 0 Å². The number of rotatable bonds is 4. The molecular weight excluding hydrogens is 294 g/mol. The molecule has 2 heterocycles. The Morgan fingerprint density at radius 3 is 2.67 bits per heavy atom. The molecule has 3 nitrogen and oxygen atoms in total. The SMILES string of the molecule is N#Cc1ccc(C(CC2CCCC2)c2cc3cccnc3[nH]2)cc1. The van der Waals surface area contributed by atoms with Gasteiger partial charge in [-0.2, -0.15) is 5.26 Å². The second-order valence-corrected chi connectivity index (χ2v) is 6.84. The van der Waals surface area contributed by atoms with Crippen LogP contribution in [0.4, 0.5) is 0 Å². The minimum Gasteiger partial charge on any atom is -0.343 e. The topological polar surface area (TPSA) is 52.5 Å². The molecule has 1 atom stereocenters. The Morgan fingerprint density at radius 2 is 1.96 bits per heavy atom. The fraction of sp³-hybridized carbons (Fsp3) is 0.333. The lowest BCUT2D eigenvalue weighted by atomic mass is 9.85. The quantitative estimate of drug-likeness (QED) is 0.724. The van der Waals surface area contributed by atoms with Crippen LogP contribution in [0.1, 0.15) is 54.8 Å². The van der Waals surface area contributed by atoms with Gasteiger partial charge in [-0.15, -0.1) is 0 Å². The maximum Gasteiger partial charge on any atom is 0.137 e. The van der Waals surface area contributed by atoms with Crippen LogP contribution in [0.3, 0.4) is 0 Å². The molecule has 0 saturated heterocycles. The average Bonchev–Trinajstić information content (AvgIpc) is 3.29. The highest BCUT2D eigenvalue weighted by atomic mass is 14.9. The molecular formula is C21H21N3. The zero-order valence-electron chi connectivity index (χ0n) is 13.7. The summed E-state index contributed by atoms with van der Waals surface area (Å²) in [7, 11) is 0. The van der Waals surface area contributed by atoms with E-state index >= 15 is 0 Å². The fourth-order valence-electron chi connectivity index (χ4n) is 3.98. The summed E-state index contributed by atoms with van der Waals surface area (Å²) < 4.78 is 0. The highest BCUT2D eigenvalue weighted by molar-refractivity contribution is 5.76. The first-order chi connectivity index (χ1) is 11.8. The molecule has 4 rings (SSSR count). The molecule has 1 aliphatic carbocycles. The predicted octanol–water partition coefficient (Wildman–Crippen LogP) is 5.15. The van der Waals surface area contributed by atoms with Crippen LogP contribution in [0, 0.1) is 17.2 Å². The molecule has 1 saturated carbocycles.